The van der Waals surface area contributed by atoms with Crippen LogP contribution in [0.25, 0.3) is 17.1 Å². The predicted octanol–water partition coefficient (Wildman–Crippen LogP) is 4.82. The number of hydrogen-bond donors (Lipinski definition) is 1. The highest BCUT2D eigenvalue weighted by atomic mass is 32.2. The number of aryl methyl sites for hydroxylation is 1. The van der Waals surface area contributed by atoms with E-state index in [1.54, 1.807) is 6.20 Å². The van der Waals surface area contributed by atoms with Crippen LogP contribution in [0.3, 0.4) is 0 Å². The van der Waals surface area contributed by atoms with Gasteiger partial charge in [-0.25, -0.2) is 4.98 Å². The maximum atomic E-state index is 12.6. The van der Waals surface area contributed by atoms with Crippen LogP contribution in [-0.4, -0.2) is 30.9 Å². The number of carbonyl (C=O) groups excluding carboxylic acids is 1. The molecular weight excluding hydrogens is 402 g/mol. The highest BCUT2D eigenvalue weighted by Crippen LogP contribution is 2.30. The Balaban J connectivity index is 1.67. The topological polar surface area (TPSA) is 72.7 Å². The number of anilines is 1. The first-order valence-electron chi connectivity index (χ1n) is 9.07. The molecular formula is C21H19N5OS2. The number of nitrogens with one attached hydrogen (secondary N) is 1. The molecule has 1 atom stereocenters. The molecule has 0 aliphatic carbocycles. The number of hydrogen-bond acceptors (Lipinski definition) is 6. The normalized spacial score (nSPS) is 11.9. The predicted molar refractivity (Wildman–Crippen MR) is 118 cm³/mol. The Labute approximate surface area is 177 Å². The van der Waals surface area contributed by atoms with Crippen LogP contribution in [0.4, 0.5) is 5.13 Å². The lowest BCUT2D eigenvalue weighted by Gasteiger charge is -2.13. The Bertz CT molecular complexity index is 1090. The smallest absolute Gasteiger partial charge is 0.239 e. The van der Waals surface area contributed by atoms with Crippen LogP contribution in [0.1, 0.15) is 12.5 Å². The van der Waals surface area contributed by atoms with Crippen LogP contribution in [0.2, 0.25) is 0 Å². The summed E-state index contributed by atoms with van der Waals surface area (Å²) in [5, 5.41) is 14.4. The highest BCUT2D eigenvalue weighted by molar-refractivity contribution is 8.00. The van der Waals surface area contributed by atoms with E-state index in [0.29, 0.717) is 10.3 Å². The monoisotopic (exact) mass is 421 g/mol. The minimum atomic E-state index is -0.365. The summed E-state index contributed by atoms with van der Waals surface area (Å²) in [7, 11) is 0. The van der Waals surface area contributed by atoms with Crippen molar-refractivity contribution in [1.29, 1.82) is 0 Å². The number of thiazole rings is 1. The van der Waals surface area contributed by atoms with Crippen LogP contribution in [0.15, 0.2) is 71.3 Å². The highest BCUT2D eigenvalue weighted by Gasteiger charge is 2.22. The second-order valence-corrected chi connectivity index (χ2v) is 8.63. The molecule has 1 amide bonds. The van der Waals surface area contributed by atoms with E-state index >= 15 is 0 Å². The molecule has 0 aliphatic heterocycles. The molecule has 0 spiro atoms. The minimum absolute atomic E-state index is 0.121. The largest absolute Gasteiger partial charge is 0.301 e. The Hall–Kier alpha value is -2.97. The molecule has 0 aliphatic rings. The summed E-state index contributed by atoms with van der Waals surface area (Å²) in [5.41, 5.74) is 3.09. The summed E-state index contributed by atoms with van der Waals surface area (Å²) >= 11 is 2.76. The zero-order chi connectivity index (χ0) is 20.2. The molecule has 4 aromatic rings. The first-order valence-corrected chi connectivity index (χ1v) is 10.8. The molecule has 1 unspecified atom stereocenters. The lowest BCUT2D eigenvalue weighted by Crippen LogP contribution is -2.22. The van der Waals surface area contributed by atoms with Gasteiger partial charge in [0, 0.05) is 22.8 Å². The van der Waals surface area contributed by atoms with E-state index in [0.717, 1.165) is 17.1 Å². The van der Waals surface area contributed by atoms with Crippen molar-refractivity contribution in [1.82, 2.24) is 19.7 Å². The maximum Gasteiger partial charge on any atom is 0.239 e. The second-order valence-electron chi connectivity index (χ2n) is 6.43. The summed E-state index contributed by atoms with van der Waals surface area (Å²) in [4.78, 5) is 16.7. The molecule has 2 aromatic carbocycles. The number of thioether (sulfide) groups is 1. The number of benzene rings is 2. The maximum absolute atomic E-state index is 12.6. The molecule has 146 valence electrons. The molecule has 4 rings (SSSR count). The van der Waals surface area contributed by atoms with Crippen LogP contribution in [-0.2, 0) is 4.79 Å². The zero-order valence-corrected chi connectivity index (χ0v) is 17.6. The van der Waals surface area contributed by atoms with E-state index in [-0.39, 0.29) is 11.2 Å². The van der Waals surface area contributed by atoms with Crippen molar-refractivity contribution in [3.63, 3.8) is 0 Å². The molecule has 29 heavy (non-hydrogen) atoms. The van der Waals surface area contributed by atoms with Gasteiger partial charge in [0.25, 0.3) is 0 Å². The van der Waals surface area contributed by atoms with Gasteiger partial charge in [-0.3, -0.25) is 9.36 Å². The van der Waals surface area contributed by atoms with Gasteiger partial charge in [0.2, 0.25) is 5.91 Å². The van der Waals surface area contributed by atoms with E-state index < -0.39 is 0 Å². The molecule has 6 nitrogen and oxygen atoms in total. The van der Waals surface area contributed by atoms with Gasteiger partial charge in [0.05, 0.1) is 5.25 Å². The van der Waals surface area contributed by atoms with Gasteiger partial charge >= 0.3 is 0 Å². The van der Waals surface area contributed by atoms with Gasteiger partial charge in [-0.05, 0) is 26.0 Å². The minimum Gasteiger partial charge on any atom is -0.301 e. The molecule has 0 saturated carbocycles. The van der Waals surface area contributed by atoms with Gasteiger partial charge < -0.3 is 5.32 Å². The Morgan fingerprint density at radius 3 is 2.55 bits per heavy atom. The number of nitrogens with zero attached hydrogens (tertiary/aromatic N) is 4. The molecule has 0 bridgehead atoms. The van der Waals surface area contributed by atoms with Crippen LogP contribution in [0, 0.1) is 6.92 Å². The lowest BCUT2D eigenvalue weighted by molar-refractivity contribution is -0.115. The van der Waals surface area contributed by atoms with Crippen LogP contribution in [0.5, 0.6) is 0 Å². The third-order valence-electron chi connectivity index (χ3n) is 4.27. The van der Waals surface area contributed by atoms with E-state index in [1.165, 1.54) is 28.7 Å². The van der Waals surface area contributed by atoms with Gasteiger partial charge in [-0.2, -0.15) is 0 Å². The Morgan fingerprint density at radius 2 is 1.86 bits per heavy atom. The Morgan fingerprint density at radius 1 is 1.10 bits per heavy atom. The van der Waals surface area contributed by atoms with Gasteiger partial charge in [-0.15, -0.1) is 21.5 Å². The third kappa shape index (κ3) is 4.38. The molecule has 2 aromatic heterocycles. The summed E-state index contributed by atoms with van der Waals surface area (Å²) in [6, 6.07) is 18.1. The summed E-state index contributed by atoms with van der Waals surface area (Å²) in [5.74, 6) is 0.620. The first kappa shape index (κ1) is 19.4. The fourth-order valence-electron chi connectivity index (χ4n) is 2.75. The third-order valence-corrected chi connectivity index (χ3v) is 6.00. The van der Waals surface area contributed by atoms with E-state index in [9.17, 15) is 4.79 Å². The standard InChI is InChI=1S/C21H19N5OS2/c1-14-8-10-17(11-9-14)26-18(16-6-4-3-5-7-16)24-25-21(26)29-15(2)19(27)23-20-22-12-13-28-20/h3-13,15H,1-2H3,(H,22,23,27). The SMILES string of the molecule is Cc1ccc(-n2c(SC(C)C(=O)Nc3nccs3)nnc2-c2ccccc2)cc1. The Kier molecular flexibility index (Phi) is 5.73. The average molecular weight is 422 g/mol. The molecule has 0 radical (unpaired) electrons. The summed E-state index contributed by atoms with van der Waals surface area (Å²) < 4.78 is 1.99. The molecule has 2 heterocycles. The number of aromatic nitrogens is 4. The van der Waals surface area contributed by atoms with Gasteiger partial charge in [-0.1, -0.05) is 59.8 Å². The lowest BCUT2D eigenvalue weighted by atomic mass is 10.2. The van der Waals surface area contributed by atoms with Crippen molar-refractivity contribution in [2.45, 2.75) is 24.3 Å². The summed E-state index contributed by atoms with van der Waals surface area (Å²) in [6.45, 7) is 3.90. The van der Waals surface area contributed by atoms with Crippen molar-refractivity contribution in [3.05, 3.63) is 71.7 Å². The summed E-state index contributed by atoms with van der Waals surface area (Å²) in [6.07, 6.45) is 1.66. The van der Waals surface area contributed by atoms with Crippen LogP contribution < -0.4 is 5.32 Å². The molecule has 0 saturated heterocycles. The van der Waals surface area contributed by atoms with Crippen molar-refractivity contribution >= 4 is 34.1 Å². The van der Waals surface area contributed by atoms with E-state index in [4.69, 9.17) is 0 Å². The van der Waals surface area contributed by atoms with Crippen molar-refractivity contribution in [2.24, 2.45) is 0 Å². The number of amides is 1. The fraction of sp³-hybridized carbons (Fsp3) is 0.143. The number of carbonyl (C=O) groups is 1. The van der Waals surface area contributed by atoms with E-state index in [1.807, 2.05) is 59.3 Å². The quantitative estimate of drug-likeness (QED) is 0.452. The molecule has 1 N–H and O–H groups in total. The number of rotatable bonds is 6. The first-order chi connectivity index (χ1) is 14.1. The second kappa shape index (κ2) is 8.59. The van der Waals surface area contributed by atoms with Crippen molar-refractivity contribution in [2.75, 3.05) is 5.32 Å². The fourth-order valence-corrected chi connectivity index (χ4v) is 4.15. The molecule has 8 heteroatoms. The van der Waals surface area contributed by atoms with Crippen molar-refractivity contribution in [3.8, 4) is 17.1 Å². The average Bonchev–Trinajstić information content (AvgIpc) is 3.39. The van der Waals surface area contributed by atoms with Gasteiger partial charge in [0.1, 0.15) is 0 Å². The van der Waals surface area contributed by atoms with Crippen molar-refractivity contribution < 1.29 is 4.79 Å². The van der Waals surface area contributed by atoms with Crippen LogP contribution >= 0.6 is 23.1 Å². The van der Waals surface area contributed by atoms with Gasteiger partial charge in [0.15, 0.2) is 16.1 Å². The zero-order valence-electron chi connectivity index (χ0n) is 15.9. The van der Waals surface area contributed by atoms with E-state index in [2.05, 4.69) is 39.6 Å². The molecule has 0 fully saturated rings.